The molecule has 1 saturated carbocycles. The van der Waals surface area contributed by atoms with E-state index in [0.29, 0.717) is 50.3 Å². The van der Waals surface area contributed by atoms with Crippen molar-refractivity contribution in [3.8, 4) is 11.5 Å². The smallest absolute Gasteiger partial charge is 0.308 e. The third-order valence-electron chi connectivity index (χ3n) is 9.40. The Kier molecular flexibility index (Phi) is 6.79. The van der Waals surface area contributed by atoms with Crippen LogP contribution in [-0.2, 0) is 41.9 Å². The minimum atomic E-state index is -3.76. The molecule has 2 aliphatic heterocycles. The third-order valence-corrected chi connectivity index (χ3v) is 10.8. The van der Waals surface area contributed by atoms with Crippen molar-refractivity contribution in [3.63, 3.8) is 0 Å². The first-order valence-electron chi connectivity index (χ1n) is 14.1. The van der Waals surface area contributed by atoms with E-state index < -0.39 is 39.2 Å². The molecule has 41 heavy (non-hydrogen) atoms. The van der Waals surface area contributed by atoms with Crippen LogP contribution in [0.25, 0.3) is 0 Å². The van der Waals surface area contributed by atoms with E-state index in [2.05, 4.69) is 16.2 Å². The number of nitrogens with one attached hydrogen (secondary N) is 1. The Morgan fingerprint density at radius 1 is 1.17 bits per heavy atom. The summed E-state index contributed by atoms with van der Waals surface area (Å²) < 4.78 is 48.8. The number of carbonyl (C=O) groups is 2. The highest BCUT2D eigenvalue weighted by Gasteiger charge is 2.75. The highest BCUT2D eigenvalue weighted by atomic mass is 32.2. The Morgan fingerprint density at radius 3 is 2.66 bits per heavy atom. The zero-order valence-corrected chi connectivity index (χ0v) is 24.5. The van der Waals surface area contributed by atoms with E-state index in [9.17, 15) is 18.0 Å². The maximum absolute atomic E-state index is 13.6. The molecular weight excluding hydrogens is 544 g/mol. The molecule has 1 spiro atoms. The van der Waals surface area contributed by atoms with Gasteiger partial charge in [-0.1, -0.05) is 36.4 Å². The minimum Gasteiger partial charge on any atom is -0.483 e. The molecule has 9 nitrogen and oxygen atoms in total. The average molecular weight is 581 g/mol. The Bertz CT molecular complexity index is 1540. The number of sulfonamides is 1. The van der Waals surface area contributed by atoms with E-state index in [1.807, 2.05) is 43.3 Å². The van der Waals surface area contributed by atoms with E-state index in [-0.39, 0.29) is 17.8 Å². The normalized spacial score (nSPS) is 29.7. The number of hydrogen-bond donors (Lipinski definition) is 1. The number of piperidine rings is 1. The van der Waals surface area contributed by atoms with Gasteiger partial charge >= 0.3 is 11.9 Å². The van der Waals surface area contributed by atoms with Crippen molar-refractivity contribution in [3.05, 3.63) is 71.3 Å². The van der Waals surface area contributed by atoms with Crippen LogP contribution in [0.1, 0.15) is 55.4 Å². The van der Waals surface area contributed by atoms with Gasteiger partial charge in [-0.15, -0.1) is 6.58 Å². The highest BCUT2D eigenvalue weighted by Crippen LogP contribution is 2.66. The number of carbonyl (C=O) groups excluding carboxylic acids is 2. The fourth-order valence-electron chi connectivity index (χ4n) is 8.04. The van der Waals surface area contributed by atoms with Crippen LogP contribution in [0.5, 0.6) is 11.5 Å². The van der Waals surface area contributed by atoms with Gasteiger partial charge in [0.2, 0.25) is 10.0 Å². The van der Waals surface area contributed by atoms with Crippen LogP contribution in [0.3, 0.4) is 0 Å². The van der Waals surface area contributed by atoms with Crippen LogP contribution < -0.4 is 14.2 Å². The Labute approximate surface area is 240 Å². The number of benzene rings is 2. The summed E-state index contributed by atoms with van der Waals surface area (Å²) in [7, 11) is -3.76. The van der Waals surface area contributed by atoms with E-state index >= 15 is 0 Å². The summed E-state index contributed by atoms with van der Waals surface area (Å²) in [6.07, 6.45) is 3.26. The minimum absolute atomic E-state index is 0.146. The maximum Gasteiger partial charge on any atom is 0.308 e. The lowest BCUT2D eigenvalue weighted by Gasteiger charge is -2.65. The lowest BCUT2D eigenvalue weighted by molar-refractivity contribution is -0.217. The summed E-state index contributed by atoms with van der Waals surface area (Å²) in [6, 6.07) is 10.4. The first kappa shape index (κ1) is 27.9. The second-order valence-electron chi connectivity index (χ2n) is 11.7. The maximum atomic E-state index is 13.6. The molecule has 2 bridgehead atoms. The quantitative estimate of drug-likeness (QED) is 0.288. The number of hydrogen-bond acceptors (Lipinski definition) is 8. The predicted molar refractivity (Wildman–Crippen MR) is 152 cm³/mol. The Hall–Kier alpha value is -3.21. The molecule has 0 unspecified atom stereocenters. The number of esters is 2. The molecule has 218 valence electrons. The Balaban J connectivity index is 1.48. The second kappa shape index (κ2) is 9.96. The number of likely N-dealkylation sites (tertiary alicyclic amines) is 1. The number of nitrogens with zero attached hydrogens (tertiary/aromatic N) is 1. The van der Waals surface area contributed by atoms with Crippen LogP contribution in [0.2, 0.25) is 0 Å². The van der Waals surface area contributed by atoms with Gasteiger partial charge in [0.25, 0.3) is 0 Å². The van der Waals surface area contributed by atoms with E-state index in [1.165, 1.54) is 13.8 Å². The molecule has 5 atom stereocenters. The fraction of sp³-hybridized carbons (Fsp3) is 0.484. The van der Waals surface area contributed by atoms with Gasteiger partial charge in [-0.3, -0.25) is 14.5 Å². The molecule has 0 aromatic heterocycles. The van der Waals surface area contributed by atoms with Crippen LogP contribution >= 0.6 is 0 Å². The zero-order chi connectivity index (χ0) is 29.2. The van der Waals surface area contributed by atoms with Gasteiger partial charge in [-0.2, -0.15) is 0 Å². The summed E-state index contributed by atoms with van der Waals surface area (Å²) >= 11 is 0. The lowest BCUT2D eigenvalue weighted by Crippen LogP contribution is -2.79. The summed E-state index contributed by atoms with van der Waals surface area (Å²) in [5.41, 5.74) is 1.76. The SMILES string of the molecule is C=CCN1CC[C@]23c4c5ccc(OC(C)=O)c4O[C@H]2[C@H](NS(=O)(=O)Cc2ccccc2C)CC[C@@]3(OC(C)=O)[C@H]1C5. The molecule has 2 fully saturated rings. The second-order valence-corrected chi connectivity index (χ2v) is 13.5. The van der Waals surface area contributed by atoms with Gasteiger partial charge in [0.15, 0.2) is 11.5 Å². The van der Waals surface area contributed by atoms with Crippen LogP contribution in [0, 0.1) is 6.92 Å². The van der Waals surface area contributed by atoms with E-state index in [1.54, 1.807) is 6.07 Å². The van der Waals surface area contributed by atoms with Gasteiger partial charge in [0.05, 0.1) is 23.3 Å². The molecule has 2 heterocycles. The van der Waals surface area contributed by atoms with Gasteiger partial charge in [-0.25, -0.2) is 13.1 Å². The highest BCUT2D eigenvalue weighted by molar-refractivity contribution is 7.88. The third kappa shape index (κ3) is 4.30. The zero-order valence-electron chi connectivity index (χ0n) is 23.6. The van der Waals surface area contributed by atoms with Gasteiger partial charge in [-0.05, 0) is 55.4 Å². The van der Waals surface area contributed by atoms with Gasteiger partial charge < -0.3 is 14.2 Å². The standard InChI is InChI=1S/C31H36N2O7S/c1-5-15-33-16-14-30-27-22-10-11-25(38-20(3)34)28(27)39-29(30)24(12-13-31(30,26(33)17-22)40-21(4)35)32-41(36,37)18-23-9-7-6-8-19(23)2/h5-11,24,26,29,32H,1,12-18H2,2-4H3/t24-,26-,29+,30+,31-/m1/s1. The average Bonchev–Trinajstić information content (AvgIpc) is 3.25. The molecular formula is C31H36N2O7S. The van der Waals surface area contributed by atoms with Crippen molar-refractivity contribution in [1.29, 1.82) is 0 Å². The van der Waals surface area contributed by atoms with Crippen LogP contribution in [-0.4, -0.2) is 62.1 Å². The predicted octanol–water partition coefficient (Wildman–Crippen LogP) is 3.32. The molecule has 0 radical (unpaired) electrons. The van der Waals surface area contributed by atoms with Crippen molar-refractivity contribution in [2.24, 2.45) is 0 Å². The first-order valence-corrected chi connectivity index (χ1v) is 15.8. The molecule has 2 aliphatic carbocycles. The monoisotopic (exact) mass is 580 g/mol. The van der Waals surface area contributed by atoms with Gasteiger partial charge in [0, 0.05) is 32.5 Å². The molecule has 6 rings (SSSR count). The summed E-state index contributed by atoms with van der Waals surface area (Å²) in [4.78, 5) is 27.1. The Morgan fingerprint density at radius 2 is 1.95 bits per heavy atom. The van der Waals surface area contributed by atoms with Crippen molar-refractivity contribution < 1.29 is 32.2 Å². The number of rotatable bonds is 8. The van der Waals surface area contributed by atoms with Crippen LogP contribution in [0.4, 0.5) is 0 Å². The lowest BCUT2D eigenvalue weighted by atomic mass is 9.48. The largest absolute Gasteiger partial charge is 0.483 e. The molecule has 10 heteroatoms. The molecule has 1 saturated heterocycles. The number of aryl methyl sites for hydroxylation is 1. The molecule has 0 amide bonds. The van der Waals surface area contributed by atoms with Crippen molar-refractivity contribution in [1.82, 2.24) is 9.62 Å². The molecule has 2 aromatic carbocycles. The van der Waals surface area contributed by atoms with Crippen molar-refractivity contribution in [2.45, 2.75) is 81.4 Å². The molecule has 1 N–H and O–H groups in total. The summed E-state index contributed by atoms with van der Waals surface area (Å²) in [5.74, 6) is -0.281. The van der Waals surface area contributed by atoms with Gasteiger partial charge in [0.1, 0.15) is 11.7 Å². The topological polar surface area (TPSA) is 111 Å². The first-order chi connectivity index (χ1) is 19.5. The molecule has 2 aromatic rings. The van der Waals surface area contributed by atoms with Crippen molar-refractivity contribution in [2.75, 3.05) is 13.1 Å². The van der Waals surface area contributed by atoms with Crippen LogP contribution in [0.15, 0.2) is 49.1 Å². The fourth-order valence-corrected chi connectivity index (χ4v) is 9.56. The van der Waals surface area contributed by atoms with Crippen molar-refractivity contribution >= 4 is 22.0 Å². The number of ether oxygens (including phenoxy) is 3. The summed E-state index contributed by atoms with van der Waals surface area (Å²) in [6.45, 7) is 9.93. The van der Waals surface area contributed by atoms with E-state index in [4.69, 9.17) is 14.2 Å². The summed E-state index contributed by atoms with van der Waals surface area (Å²) in [5, 5.41) is 0. The molecule has 4 aliphatic rings. The van der Waals surface area contributed by atoms with E-state index in [0.717, 1.165) is 22.3 Å².